The van der Waals surface area contributed by atoms with Gasteiger partial charge in [-0.3, -0.25) is 4.98 Å². The predicted octanol–water partition coefficient (Wildman–Crippen LogP) is 12.2. The molecule has 0 bridgehead atoms. The molecular weight excluding hydrogens is 627 g/mol. The molecule has 1 aromatic heterocycles. The molecule has 0 fully saturated rings. The Morgan fingerprint density at radius 1 is 0.633 bits per heavy atom. The molecule has 2 aromatic carbocycles. The molecule has 3 aromatic rings. The number of pyridine rings is 1. The van der Waals surface area contributed by atoms with Crippen LogP contribution in [-0.2, 0) is 9.47 Å². The molecule has 0 aliphatic carbocycles. The van der Waals surface area contributed by atoms with Crippen LogP contribution in [0.2, 0.25) is 0 Å². The van der Waals surface area contributed by atoms with E-state index in [4.69, 9.17) is 14.2 Å². The SMILES string of the molecule is CCCCCCCCCCCCCOc1ccc(-c2ccc(-c3ccc(C(=O)OCCCCCCCOC(C)C(F)(F)F)cc3)cn2)cc1. The maximum absolute atomic E-state index is 12.4. The Labute approximate surface area is 292 Å². The summed E-state index contributed by atoms with van der Waals surface area (Å²) in [6.45, 7) is 4.43. The first-order valence-corrected chi connectivity index (χ1v) is 18.4. The van der Waals surface area contributed by atoms with Crippen molar-refractivity contribution >= 4 is 5.97 Å². The molecule has 1 atom stereocenters. The number of nitrogens with zero attached hydrogens (tertiary/aromatic N) is 1. The van der Waals surface area contributed by atoms with E-state index in [9.17, 15) is 18.0 Å². The van der Waals surface area contributed by atoms with Gasteiger partial charge in [0.15, 0.2) is 6.10 Å². The monoisotopic (exact) mass is 683 g/mol. The number of aromatic nitrogens is 1. The molecule has 0 saturated heterocycles. The van der Waals surface area contributed by atoms with E-state index in [2.05, 4.69) is 11.9 Å². The first-order valence-electron chi connectivity index (χ1n) is 18.4. The minimum atomic E-state index is -4.32. The van der Waals surface area contributed by atoms with Crippen LogP contribution >= 0.6 is 0 Å². The van der Waals surface area contributed by atoms with Crippen molar-refractivity contribution in [2.45, 2.75) is 129 Å². The average Bonchev–Trinajstić information content (AvgIpc) is 3.11. The van der Waals surface area contributed by atoms with E-state index in [0.717, 1.165) is 67.3 Å². The number of hydrogen-bond donors (Lipinski definition) is 0. The van der Waals surface area contributed by atoms with E-state index in [1.54, 1.807) is 12.1 Å². The smallest absolute Gasteiger partial charge is 0.414 e. The summed E-state index contributed by atoms with van der Waals surface area (Å²) in [6.07, 6.45) is 14.1. The van der Waals surface area contributed by atoms with Crippen LogP contribution in [0.15, 0.2) is 66.9 Å². The summed E-state index contributed by atoms with van der Waals surface area (Å²) >= 11 is 0. The lowest BCUT2D eigenvalue weighted by atomic mass is 10.0. The third-order valence-corrected chi connectivity index (χ3v) is 8.73. The second kappa shape index (κ2) is 23.1. The molecule has 1 unspecified atom stereocenters. The summed E-state index contributed by atoms with van der Waals surface area (Å²) in [5.41, 5.74) is 4.29. The van der Waals surface area contributed by atoms with Crippen LogP contribution in [0.1, 0.15) is 127 Å². The summed E-state index contributed by atoms with van der Waals surface area (Å²) < 4.78 is 53.5. The van der Waals surface area contributed by atoms with Gasteiger partial charge in [0.25, 0.3) is 0 Å². The molecule has 0 saturated carbocycles. The Morgan fingerprint density at radius 3 is 1.69 bits per heavy atom. The van der Waals surface area contributed by atoms with Crippen LogP contribution in [0.25, 0.3) is 22.4 Å². The normalized spacial score (nSPS) is 12.2. The second-order valence-electron chi connectivity index (χ2n) is 12.9. The average molecular weight is 684 g/mol. The molecule has 1 heterocycles. The molecule has 5 nitrogen and oxygen atoms in total. The fourth-order valence-electron chi connectivity index (χ4n) is 5.55. The van der Waals surface area contributed by atoms with Crippen molar-refractivity contribution in [3.63, 3.8) is 0 Å². The van der Waals surface area contributed by atoms with E-state index in [-0.39, 0.29) is 12.6 Å². The number of halogens is 3. The predicted molar refractivity (Wildman–Crippen MR) is 192 cm³/mol. The lowest BCUT2D eigenvalue weighted by Crippen LogP contribution is -2.28. The van der Waals surface area contributed by atoms with Gasteiger partial charge >= 0.3 is 12.1 Å². The molecule has 0 spiro atoms. The van der Waals surface area contributed by atoms with Gasteiger partial charge < -0.3 is 14.2 Å². The highest BCUT2D eigenvalue weighted by atomic mass is 19.4. The number of esters is 1. The van der Waals surface area contributed by atoms with Crippen LogP contribution in [0.3, 0.4) is 0 Å². The third-order valence-electron chi connectivity index (χ3n) is 8.73. The standard InChI is InChI=1S/C41H56F3NO4/c1-3-4-5-6-7-8-9-10-11-13-17-30-48-38-26-23-35(24-27-38)39-28-25-37(32-45-39)34-19-21-36(22-20-34)40(46)49-31-18-15-12-14-16-29-47-33(2)41(42,43)44/h19-28,32-33H,3-18,29-31H2,1-2H3. The highest BCUT2D eigenvalue weighted by Gasteiger charge is 2.36. The zero-order valence-electron chi connectivity index (χ0n) is 29.6. The fourth-order valence-corrected chi connectivity index (χ4v) is 5.55. The summed E-state index contributed by atoms with van der Waals surface area (Å²) in [6, 6.07) is 19.4. The van der Waals surface area contributed by atoms with Crippen LogP contribution < -0.4 is 4.74 Å². The molecule has 0 aliphatic rings. The van der Waals surface area contributed by atoms with E-state index < -0.39 is 12.3 Å². The molecule has 3 rings (SSSR count). The quantitative estimate of drug-likeness (QED) is 0.0657. The fraction of sp³-hybridized carbons (Fsp3) is 0.561. The zero-order valence-corrected chi connectivity index (χ0v) is 29.6. The number of alkyl halides is 3. The molecule has 0 radical (unpaired) electrons. The first-order chi connectivity index (χ1) is 23.8. The van der Waals surface area contributed by atoms with Crippen LogP contribution in [0.4, 0.5) is 13.2 Å². The van der Waals surface area contributed by atoms with E-state index >= 15 is 0 Å². The highest BCUT2D eigenvalue weighted by Crippen LogP contribution is 2.25. The van der Waals surface area contributed by atoms with Crippen molar-refractivity contribution in [3.8, 4) is 28.1 Å². The Morgan fingerprint density at radius 2 is 1.14 bits per heavy atom. The Bertz CT molecular complexity index is 1290. The molecule has 49 heavy (non-hydrogen) atoms. The van der Waals surface area contributed by atoms with Gasteiger partial charge in [-0.2, -0.15) is 13.2 Å². The third kappa shape index (κ3) is 16.2. The molecule has 0 amide bonds. The van der Waals surface area contributed by atoms with Gasteiger partial charge in [-0.15, -0.1) is 0 Å². The lowest BCUT2D eigenvalue weighted by molar-refractivity contribution is -0.214. The van der Waals surface area contributed by atoms with Gasteiger partial charge in [-0.25, -0.2) is 4.79 Å². The van der Waals surface area contributed by atoms with Gasteiger partial charge in [0.05, 0.1) is 24.5 Å². The van der Waals surface area contributed by atoms with E-state index in [1.807, 2.05) is 54.7 Å². The summed E-state index contributed by atoms with van der Waals surface area (Å²) in [4.78, 5) is 17.1. The second-order valence-corrected chi connectivity index (χ2v) is 12.9. The van der Waals surface area contributed by atoms with E-state index in [0.29, 0.717) is 25.0 Å². The minimum absolute atomic E-state index is 0.0923. The highest BCUT2D eigenvalue weighted by molar-refractivity contribution is 5.90. The van der Waals surface area contributed by atoms with Gasteiger partial charge in [-0.05, 0) is 74.2 Å². The number of rotatable bonds is 25. The van der Waals surface area contributed by atoms with Crippen molar-refractivity contribution in [1.82, 2.24) is 4.98 Å². The van der Waals surface area contributed by atoms with Crippen molar-refractivity contribution in [1.29, 1.82) is 0 Å². The summed E-state index contributed by atoms with van der Waals surface area (Å²) in [5.74, 6) is 0.508. The maximum Gasteiger partial charge on any atom is 0.414 e. The number of benzene rings is 2. The number of ether oxygens (including phenoxy) is 3. The number of carbonyl (C=O) groups excluding carboxylic acids is 1. The van der Waals surface area contributed by atoms with Crippen LogP contribution in [-0.4, -0.2) is 43.1 Å². The van der Waals surface area contributed by atoms with Gasteiger partial charge in [0.2, 0.25) is 0 Å². The largest absolute Gasteiger partial charge is 0.494 e. The zero-order chi connectivity index (χ0) is 35.2. The topological polar surface area (TPSA) is 57.7 Å². The van der Waals surface area contributed by atoms with E-state index in [1.165, 1.54) is 64.2 Å². The Kier molecular flexibility index (Phi) is 18.9. The van der Waals surface area contributed by atoms with Crippen molar-refractivity contribution in [3.05, 3.63) is 72.4 Å². The first kappa shape index (κ1) is 40.0. The van der Waals surface area contributed by atoms with Crippen LogP contribution in [0, 0.1) is 0 Å². The number of unbranched alkanes of at least 4 members (excludes halogenated alkanes) is 14. The van der Waals surface area contributed by atoms with Crippen molar-refractivity contribution < 1.29 is 32.2 Å². The summed E-state index contributed by atoms with van der Waals surface area (Å²) in [5, 5.41) is 0. The number of carbonyl (C=O) groups is 1. The Balaban J connectivity index is 1.28. The van der Waals surface area contributed by atoms with Gasteiger partial charge in [0.1, 0.15) is 5.75 Å². The molecule has 8 heteroatoms. The van der Waals surface area contributed by atoms with Crippen molar-refractivity contribution in [2.24, 2.45) is 0 Å². The van der Waals surface area contributed by atoms with Crippen LogP contribution in [0.5, 0.6) is 5.75 Å². The van der Waals surface area contributed by atoms with Crippen molar-refractivity contribution in [2.75, 3.05) is 19.8 Å². The van der Waals surface area contributed by atoms with Gasteiger partial charge in [-0.1, -0.05) is 109 Å². The maximum atomic E-state index is 12.4. The molecule has 0 N–H and O–H groups in total. The lowest BCUT2D eigenvalue weighted by Gasteiger charge is -2.16. The molecule has 270 valence electrons. The molecule has 0 aliphatic heterocycles. The summed E-state index contributed by atoms with van der Waals surface area (Å²) in [7, 11) is 0. The van der Waals surface area contributed by atoms with Gasteiger partial charge in [0, 0.05) is 23.9 Å². The molecular formula is C41H56F3NO4. The minimum Gasteiger partial charge on any atom is -0.494 e. The Hall–Kier alpha value is -3.39. The number of hydrogen-bond acceptors (Lipinski definition) is 5.